The highest BCUT2D eigenvalue weighted by Gasteiger charge is 2.42. The van der Waals surface area contributed by atoms with Gasteiger partial charge in [-0.05, 0) is 87.3 Å². The predicted molar refractivity (Wildman–Crippen MR) is 143 cm³/mol. The summed E-state index contributed by atoms with van der Waals surface area (Å²) in [4.78, 5) is 12.0. The summed E-state index contributed by atoms with van der Waals surface area (Å²) in [5.41, 5.74) is 1.43. The molecule has 0 aromatic heterocycles. The molecule has 0 bridgehead atoms. The number of carbonyl (C=O) groups is 1. The van der Waals surface area contributed by atoms with Gasteiger partial charge in [0.15, 0.2) is 8.32 Å². The van der Waals surface area contributed by atoms with Crippen LogP contribution in [0.3, 0.4) is 0 Å². The minimum atomic E-state index is -2.12. The Morgan fingerprint density at radius 3 is 2.16 bits per heavy atom. The van der Waals surface area contributed by atoms with Gasteiger partial charge in [-0.1, -0.05) is 72.6 Å². The average molecular weight is 467 g/mol. The Morgan fingerprint density at radius 2 is 1.66 bits per heavy atom. The molecule has 0 saturated heterocycles. The highest BCUT2D eigenvalue weighted by atomic mass is 28.4. The molecule has 0 saturated carbocycles. The second kappa shape index (κ2) is 13.7. The molecule has 0 heterocycles. The van der Waals surface area contributed by atoms with Crippen LogP contribution >= 0.6 is 0 Å². The quantitative estimate of drug-likeness (QED) is 0.140. The molecule has 0 aliphatic heterocycles. The van der Waals surface area contributed by atoms with Crippen molar-refractivity contribution in [3.05, 3.63) is 24.3 Å². The molecule has 3 unspecified atom stereocenters. The third-order valence-electron chi connectivity index (χ3n) is 7.09. The number of hydrogen-bond donors (Lipinski definition) is 1. The third kappa shape index (κ3) is 13.0. The zero-order valence-electron chi connectivity index (χ0n) is 23.0. The molecule has 0 aromatic carbocycles. The smallest absolute Gasteiger partial charge is 0.331 e. The molecule has 0 aliphatic rings. The van der Waals surface area contributed by atoms with Crippen molar-refractivity contribution in [2.45, 2.75) is 131 Å². The third-order valence-corrected chi connectivity index (χ3v) is 11.6. The molecule has 3 atom stereocenters. The Bertz CT molecular complexity index is 598. The number of hydrogen-bond acceptors (Lipinski definition) is 2. The Balaban J connectivity index is 4.68. The fourth-order valence-electron chi connectivity index (χ4n) is 4.41. The van der Waals surface area contributed by atoms with E-state index in [2.05, 4.69) is 81.1 Å². The van der Waals surface area contributed by atoms with E-state index in [-0.39, 0.29) is 10.5 Å². The summed E-state index contributed by atoms with van der Waals surface area (Å²) in [5.74, 6) is 0.451. The van der Waals surface area contributed by atoms with E-state index in [0.717, 1.165) is 19.3 Å². The molecule has 0 spiro atoms. The van der Waals surface area contributed by atoms with Gasteiger partial charge in [0.05, 0.1) is 0 Å². The lowest BCUT2D eigenvalue weighted by Gasteiger charge is -2.40. The highest BCUT2D eigenvalue weighted by molar-refractivity contribution is 6.74. The van der Waals surface area contributed by atoms with Crippen LogP contribution < -0.4 is 0 Å². The van der Waals surface area contributed by atoms with Gasteiger partial charge >= 0.3 is 5.97 Å². The monoisotopic (exact) mass is 466 g/mol. The van der Waals surface area contributed by atoms with Gasteiger partial charge < -0.3 is 9.53 Å². The molecule has 32 heavy (non-hydrogen) atoms. The molecule has 1 N–H and O–H groups in total. The van der Waals surface area contributed by atoms with Crippen molar-refractivity contribution in [1.82, 2.24) is 0 Å². The normalized spacial score (nSPS) is 16.5. The lowest BCUT2D eigenvalue weighted by molar-refractivity contribution is -0.147. The van der Waals surface area contributed by atoms with E-state index in [1.54, 1.807) is 0 Å². The summed E-state index contributed by atoms with van der Waals surface area (Å²) in [5, 5.41) is 9.85. The number of allylic oxidation sites excluding steroid dienone is 3. The maximum atomic E-state index is 12.0. The number of aliphatic carboxylic acids is 1. The first kappa shape index (κ1) is 31.1. The summed E-state index contributed by atoms with van der Waals surface area (Å²) in [6.45, 7) is 25.9. The number of carboxylic acids is 1. The summed E-state index contributed by atoms with van der Waals surface area (Å²) in [6.07, 6.45) is 12.3. The molecule has 0 rings (SSSR count). The second-order valence-corrected chi connectivity index (χ2v) is 17.3. The molecular weight excluding hydrogens is 412 g/mol. The summed E-state index contributed by atoms with van der Waals surface area (Å²) < 4.78 is 6.30. The largest absolute Gasteiger partial charge is 0.479 e. The molecule has 188 valence electrons. The van der Waals surface area contributed by atoms with Crippen molar-refractivity contribution in [2.24, 2.45) is 17.3 Å². The van der Waals surface area contributed by atoms with Crippen molar-refractivity contribution in [3.63, 3.8) is 0 Å². The second-order valence-electron chi connectivity index (χ2n) is 12.5. The van der Waals surface area contributed by atoms with Gasteiger partial charge in [0.25, 0.3) is 0 Å². The molecule has 0 radical (unpaired) electrons. The predicted octanol–water partition coefficient (Wildman–Crippen LogP) is 9.01. The number of rotatable bonds is 16. The average Bonchev–Trinajstić information content (AvgIpc) is 2.59. The van der Waals surface area contributed by atoms with Crippen molar-refractivity contribution in [1.29, 1.82) is 0 Å². The number of unbranched alkanes of at least 4 members (excludes halogenated alkanes) is 1. The maximum Gasteiger partial charge on any atom is 0.331 e. The molecule has 3 nitrogen and oxygen atoms in total. The number of carboxylic acid groups (broad SMARTS) is 1. The first-order valence-corrected chi connectivity index (χ1v) is 15.6. The zero-order chi connectivity index (χ0) is 25.2. The molecule has 0 aromatic rings. The van der Waals surface area contributed by atoms with Crippen molar-refractivity contribution in [3.8, 4) is 0 Å². The van der Waals surface area contributed by atoms with Gasteiger partial charge in [0.1, 0.15) is 6.10 Å². The van der Waals surface area contributed by atoms with Gasteiger partial charge in [-0.3, -0.25) is 0 Å². The highest BCUT2D eigenvalue weighted by Crippen LogP contribution is 2.40. The maximum absolute atomic E-state index is 12.0. The van der Waals surface area contributed by atoms with E-state index in [9.17, 15) is 9.90 Å². The Hall–Kier alpha value is -0.873. The minimum absolute atomic E-state index is 0.00671. The SMILES string of the molecule is C=CCCC=C(C)CCCC(C)CC(C)CC(C)(C)CC(O[Si](C)(C)C(C)(C)C)C(=O)O. The van der Waals surface area contributed by atoms with Crippen molar-refractivity contribution in [2.75, 3.05) is 0 Å². The fraction of sp³-hybridized carbons (Fsp3) is 0.821. The zero-order valence-corrected chi connectivity index (χ0v) is 24.0. The first-order chi connectivity index (χ1) is 14.5. The van der Waals surface area contributed by atoms with Crippen LogP contribution in [0.1, 0.15) is 107 Å². The summed E-state index contributed by atoms with van der Waals surface area (Å²) in [6, 6.07) is 0. The van der Waals surface area contributed by atoms with E-state index >= 15 is 0 Å². The lowest BCUT2D eigenvalue weighted by atomic mass is 9.76. The van der Waals surface area contributed by atoms with Gasteiger partial charge in [0, 0.05) is 0 Å². The van der Waals surface area contributed by atoms with Crippen molar-refractivity contribution >= 4 is 14.3 Å². The van der Waals surface area contributed by atoms with Gasteiger partial charge in [-0.15, -0.1) is 6.58 Å². The molecule has 0 fully saturated rings. The van der Waals surface area contributed by atoms with E-state index < -0.39 is 20.4 Å². The van der Waals surface area contributed by atoms with Crippen LogP contribution in [-0.2, 0) is 9.22 Å². The van der Waals surface area contributed by atoms with E-state index in [1.165, 1.54) is 31.3 Å². The lowest BCUT2D eigenvalue weighted by Crippen LogP contribution is -2.47. The molecule has 4 heteroatoms. The van der Waals surface area contributed by atoms with Crippen molar-refractivity contribution < 1.29 is 14.3 Å². The molecule has 0 aliphatic carbocycles. The van der Waals surface area contributed by atoms with Gasteiger partial charge in [-0.2, -0.15) is 0 Å². The van der Waals surface area contributed by atoms with Gasteiger partial charge in [0.2, 0.25) is 0 Å². The Kier molecular flexibility index (Phi) is 13.4. The van der Waals surface area contributed by atoms with Crippen LogP contribution in [0.2, 0.25) is 18.1 Å². The molecular formula is C28H54O3Si. The minimum Gasteiger partial charge on any atom is -0.479 e. The van der Waals surface area contributed by atoms with Crippen LogP contribution in [-0.4, -0.2) is 25.5 Å². The van der Waals surface area contributed by atoms with Crippen LogP contribution in [0.15, 0.2) is 24.3 Å². The van der Waals surface area contributed by atoms with Gasteiger partial charge in [-0.25, -0.2) is 4.79 Å². The topological polar surface area (TPSA) is 46.5 Å². The van der Waals surface area contributed by atoms with Crippen LogP contribution in [0.25, 0.3) is 0 Å². The van der Waals surface area contributed by atoms with Crippen LogP contribution in [0, 0.1) is 17.3 Å². The van der Waals surface area contributed by atoms with E-state index in [1.807, 2.05) is 6.08 Å². The fourth-order valence-corrected chi connectivity index (χ4v) is 5.66. The van der Waals surface area contributed by atoms with E-state index in [4.69, 9.17) is 4.43 Å². The van der Waals surface area contributed by atoms with Crippen LogP contribution in [0.5, 0.6) is 0 Å². The first-order valence-electron chi connectivity index (χ1n) is 12.7. The summed E-state index contributed by atoms with van der Waals surface area (Å²) >= 11 is 0. The Morgan fingerprint density at radius 1 is 1.06 bits per heavy atom. The standard InChI is InChI=1S/C28H54O3Si/c1-12-13-14-16-22(2)17-15-18-23(3)19-24(4)20-28(8,9)21-25(26(29)30)31-32(10,11)27(5,6)7/h12,16,23-25H,1,13-15,17-21H2,2-11H3,(H,29,30). The Labute approximate surface area is 201 Å². The summed E-state index contributed by atoms with van der Waals surface area (Å²) in [7, 11) is -2.12. The van der Waals surface area contributed by atoms with E-state index in [0.29, 0.717) is 18.3 Å². The van der Waals surface area contributed by atoms with Crippen LogP contribution in [0.4, 0.5) is 0 Å². The molecule has 0 amide bonds.